The Labute approximate surface area is 195 Å². The van der Waals surface area contributed by atoms with Gasteiger partial charge in [-0.2, -0.15) is 5.10 Å². The third-order valence-electron chi connectivity index (χ3n) is 5.10. The number of halogens is 1. The van der Waals surface area contributed by atoms with Crippen molar-refractivity contribution < 1.29 is 22.3 Å². The zero-order chi connectivity index (χ0) is 24.5. The number of nitrogens with two attached hydrogens (primary N) is 1. The molecule has 0 aliphatic heterocycles. The Morgan fingerprint density at radius 3 is 2.41 bits per heavy atom. The van der Waals surface area contributed by atoms with Crippen molar-refractivity contribution in [3.63, 3.8) is 0 Å². The van der Waals surface area contributed by atoms with Crippen LogP contribution in [0, 0.1) is 12.7 Å². The molecule has 3 aromatic carbocycles. The quantitative estimate of drug-likeness (QED) is 0.434. The molecule has 4 rings (SSSR count). The molecule has 0 bridgehead atoms. The van der Waals surface area contributed by atoms with Gasteiger partial charge in [-0.1, -0.05) is 24.3 Å². The second kappa shape index (κ2) is 9.08. The van der Waals surface area contributed by atoms with Crippen molar-refractivity contribution >= 4 is 21.6 Å². The van der Waals surface area contributed by atoms with E-state index in [9.17, 15) is 17.6 Å². The van der Waals surface area contributed by atoms with Crippen LogP contribution in [0.1, 0.15) is 16.2 Å². The van der Waals surface area contributed by atoms with Gasteiger partial charge in [-0.15, -0.1) is 0 Å². The molecule has 0 atom stereocenters. The third-order valence-corrected chi connectivity index (χ3v) is 6.07. The summed E-state index contributed by atoms with van der Waals surface area (Å²) in [5, 5.41) is 12.2. The van der Waals surface area contributed by atoms with Gasteiger partial charge in [0.1, 0.15) is 17.3 Å². The summed E-state index contributed by atoms with van der Waals surface area (Å²) in [6.45, 7) is 1.75. The van der Waals surface area contributed by atoms with Crippen LogP contribution in [0.4, 0.5) is 10.1 Å². The Balaban J connectivity index is 1.63. The van der Waals surface area contributed by atoms with Gasteiger partial charge in [0.25, 0.3) is 5.91 Å². The first-order valence-corrected chi connectivity index (χ1v) is 11.7. The van der Waals surface area contributed by atoms with Gasteiger partial charge in [0.05, 0.1) is 29.1 Å². The summed E-state index contributed by atoms with van der Waals surface area (Å²) in [4.78, 5) is 12.9. The van der Waals surface area contributed by atoms with E-state index in [1.807, 2.05) is 0 Å². The number of nitrogens with one attached hydrogen (secondary N) is 1. The van der Waals surface area contributed by atoms with Crippen LogP contribution in [0.2, 0.25) is 0 Å². The fourth-order valence-electron chi connectivity index (χ4n) is 3.51. The number of methoxy groups -OCH3 is 1. The molecule has 0 radical (unpaired) electrons. The van der Waals surface area contributed by atoms with Gasteiger partial charge in [-0.25, -0.2) is 22.6 Å². The molecule has 0 spiro atoms. The average Bonchev–Trinajstić information content (AvgIpc) is 3.21. The maximum absolute atomic E-state index is 14.9. The highest BCUT2D eigenvalue weighted by molar-refractivity contribution is 7.89. The van der Waals surface area contributed by atoms with Crippen molar-refractivity contribution in [3.8, 4) is 22.6 Å². The molecule has 1 heterocycles. The number of aromatic nitrogens is 2. The Hall–Kier alpha value is -4.02. The fraction of sp³-hybridized carbons (Fsp3) is 0.0833. The molecule has 1 amide bonds. The number of nitrogens with zero attached hydrogens (tertiary/aromatic N) is 2. The van der Waals surface area contributed by atoms with Crippen molar-refractivity contribution in [2.24, 2.45) is 5.14 Å². The smallest absolute Gasteiger partial charge is 0.274 e. The second-order valence-electron chi connectivity index (χ2n) is 7.47. The lowest BCUT2D eigenvalue weighted by Gasteiger charge is -2.12. The molecular formula is C24H21FN4O4S. The van der Waals surface area contributed by atoms with Gasteiger partial charge in [0, 0.05) is 5.56 Å². The van der Waals surface area contributed by atoms with E-state index in [1.54, 1.807) is 50.4 Å². The molecule has 0 unspecified atom stereocenters. The van der Waals surface area contributed by atoms with E-state index in [0.29, 0.717) is 22.7 Å². The molecule has 10 heteroatoms. The number of aryl methyl sites for hydroxylation is 1. The lowest BCUT2D eigenvalue weighted by Crippen LogP contribution is -2.17. The Bertz CT molecular complexity index is 1480. The zero-order valence-corrected chi connectivity index (χ0v) is 19.1. The molecule has 0 saturated heterocycles. The first-order valence-electron chi connectivity index (χ1n) is 10.1. The number of ether oxygens (including phenoxy) is 1. The van der Waals surface area contributed by atoms with Gasteiger partial charge in [-0.05, 0) is 61.0 Å². The largest absolute Gasteiger partial charge is 0.497 e. The molecule has 0 aliphatic carbocycles. The number of carbonyl (C=O) groups excluding carboxylic acids is 1. The number of rotatable bonds is 6. The summed E-state index contributed by atoms with van der Waals surface area (Å²) in [6, 6.07) is 18.6. The molecule has 1 aromatic heterocycles. The van der Waals surface area contributed by atoms with E-state index >= 15 is 0 Å². The van der Waals surface area contributed by atoms with E-state index in [0.717, 1.165) is 6.07 Å². The van der Waals surface area contributed by atoms with Crippen molar-refractivity contribution in [2.75, 3.05) is 12.4 Å². The van der Waals surface area contributed by atoms with E-state index in [4.69, 9.17) is 9.88 Å². The predicted octanol–water partition coefficient (Wildman–Crippen LogP) is 3.90. The van der Waals surface area contributed by atoms with Gasteiger partial charge >= 0.3 is 0 Å². The van der Waals surface area contributed by atoms with Gasteiger partial charge in [0.15, 0.2) is 0 Å². The van der Waals surface area contributed by atoms with Crippen molar-refractivity contribution in [2.45, 2.75) is 11.8 Å². The molecule has 0 saturated carbocycles. The van der Waals surface area contributed by atoms with E-state index in [2.05, 4.69) is 10.4 Å². The highest BCUT2D eigenvalue weighted by Crippen LogP contribution is 2.29. The Morgan fingerprint density at radius 1 is 1.06 bits per heavy atom. The SMILES string of the molecule is COc1ccc(-n2nc(C)cc2C(=O)Nc2ccc(-c3ccccc3S(N)(=O)=O)cc2F)cc1. The highest BCUT2D eigenvalue weighted by Gasteiger charge is 2.19. The monoisotopic (exact) mass is 480 g/mol. The first-order chi connectivity index (χ1) is 16.2. The van der Waals surface area contributed by atoms with Crippen LogP contribution in [0.15, 0.2) is 77.7 Å². The van der Waals surface area contributed by atoms with Gasteiger partial charge in [-0.3, -0.25) is 4.79 Å². The zero-order valence-electron chi connectivity index (χ0n) is 18.3. The van der Waals surface area contributed by atoms with Crippen molar-refractivity contribution in [1.29, 1.82) is 0 Å². The van der Waals surface area contributed by atoms with Crippen LogP contribution in [0.25, 0.3) is 16.8 Å². The fourth-order valence-corrected chi connectivity index (χ4v) is 4.27. The number of hydrogen-bond donors (Lipinski definition) is 2. The summed E-state index contributed by atoms with van der Waals surface area (Å²) in [6.07, 6.45) is 0. The summed E-state index contributed by atoms with van der Waals surface area (Å²) in [7, 11) is -2.45. The molecule has 0 aliphatic rings. The molecule has 3 N–H and O–H groups in total. The topological polar surface area (TPSA) is 116 Å². The number of hydrogen-bond acceptors (Lipinski definition) is 5. The number of carbonyl (C=O) groups is 1. The minimum Gasteiger partial charge on any atom is -0.497 e. The summed E-state index contributed by atoms with van der Waals surface area (Å²) in [5.41, 5.74) is 1.95. The molecular weight excluding hydrogens is 459 g/mol. The minimum absolute atomic E-state index is 0.0676. The van der Waals surface area contributed by atoms with E-state index < -0.39 is 21.7 Å². The second-order valence-corrected chi connectivity index (χ2v) is 9.00. The number of anilines is 1. The van der Waals surface area contributed by atoms with Crippen LogP contribution in [0.3, 0.4) is 0 Å². The van der Waals surface area contributed by atoms with Crippen molar-refractivity contribution in [3.05, 3.63) is 90.0 Å². The predicted molar refractivity (Wildman–Crippen MR) is 126 cm³/mol. The van der Waals surface area contributed by atoms with Gasteiger partial charge in [0.2, 0.25) is 10.0 Å². The highest BCUT2D eigenvalue weighted by atomic mass is 32.2. The Morgan fingerprint density at radius 2 is 1.76 bits per heavy atom. The minimum atomic E-state index is -4.00. The molecule has 8 nitrogen and oxygen atoms in total. The van der Waals surface area contributed by atoms with Crippen LogP contribution >= 0.6 is 0 Å². The summed E-state index contributed by atoms with van der Waals surface area (Å²) < 4.78 is 45.3. The van der Waals surface area contributed by atoms with Gasteiger partial charge < -0.3 is 10.1 Å². The first kappa shape index (κ1) is 23.1. The number of sulfonamides is 1. The number of primary sulfonamides is 1. The molecule has 4 aromatic rings. The van der Waals surface area contributed by atoms with Crippen molar-refractivity contribution in [1.82, 2.24) is 9.78 Å². The molecule has 0 fully saturated rings. The van der Waals surface area contributed by atoms with Crippen LogP contribution in [0.5, 0.6) is 5.75 Å². The average molecular weight is 481 g/mol. The maximum Gasteiger partial charge on any atom is 0.274 e. The van der Waals surface area contributed by atoms with E-state index in [1.165, 1.54) is 35.0 Å². The Kier molecular flexibility index (Phi) is 6.18. The van der Waals surface area contributed by atoms with Crippen LogP contribution in [-0.4, -0.2) is 31.2 Å². The molecule has 174 valence electrons. The van der Waals surface area contributed by atoms with Crippen LogP contribution in [-0.2, 0) is 10.0 Å². The maximum atomic E-state index is 14.9. The summed E-state index contributed by atoms with van der Waals surface area (Å²) in [5.74, 6) is -0.639. The number of amides is 1. The molecule has 34 heavy (non-hydrogen) atoms. The van der Waals surface area contributed by atoms with E-state index in [-0.39, 0.29) is 21.8 Å². The number of benzene rings is 3. The summed E-state index contributed by atoms with van der Waals surface area (Å²) >= 11 is 0. The normalized spacial score (nSPS) is 11.3. The van der Waals surface area contributed by atoms with Crippen LogP contribution < -0.4 is 15.2 Å². The lowest BCUT2D eigenvalue weighted by molar-refractivity contribution is 0.101. The lowest BCUT2D eigenvalue weighted by atomic mass is 10.0. The standard InChI is InChI=1S/C24H21FN4O4S/c1-15-13-22(29(28-15)17-8-10-18(33-2)11-9-17)24(30)27-21-12-7-16(14-20(21)25)19-5-3-4-6-23(19)34(26,31)32/h3-14H,1-2H3,(H,27,30)(H2,26,31,32). The third kappa shape index (κ3) is 4.68.